The van der Waals surface area contributed by atoms with Gasteiger partial charge >= 0.3 is 0 Å². The Labute approximate surface area is 172 Å². The van der Waals surface area contributed by atoms with E-state index in [0.717, 1.165) is 17.0 Å². The molecule has 0 radical (unpaired) electrons. The van der Waals surface area contributed by atoms with Crippen LogP contribution in [0, 0.1) is 6.92 Å². The van der Waals surface area contributed by atoms with E-state index in [9.17, 15) is 4.79 Å². The van der Waals surface area contributed by atoms with Gasteiger partial charge in [-0.05, 0) is 55.2 Å². The summed E-state index contributed by atoms with van der Waals surface area (Å²) in [4.78, 5) is 18.9. The average Bonchev–Trinajstić information content (AvgIpc) is 3.19. The van der Waals surface area contributed by atoms with Gasteiger partial charge in [0.25, 0.3) is 11.9 Å². The number of ether oxygens (including phenoxy) is 1. The van der Waals surface area contributed by atoms with Crippen LogP contribution < -0.4 is 4.74 Å². The molecule has 0 saturated carbocycles. The molecule has 5 heteroatoms. The number of furan rings is 1. The highest BCUT2D eigenvalue weighted by Gasteiger charge is 2.19. The Kier molecular flexibility index (Phi) is 6.70. The molecule has 3 rings (SSSR count). The Morgan fingerprint density at radius 1 is 1.17 bits per heavy atom. The number of aryl methyl sites for hydroxylation is 1. The van der Waals surface area contributed by atoms with Crippen molar-refractivity contribution in [3.05, 3.63) is 77.3 Å². The summed E-state index contributed by atoms with van der Waals surface area (Å²) in [5, 5.41) is 0. The Morgan fingerprint density at radius 2 is 2.00 bits per heavy atom. The molecule has 0 unspecified atom stereocenters. The van der Waals surface area contributed by atoms with Gasteiger partial charge in [0.1, 0.15) is 5.75 Å². The van der Waals surface area contributed by atoms with Crippen LogP contribution in [0.4, 0.5) is 0 Å². The summed E-state index contributed by atoms with van der Waals surface area (Å²) in [5.41, 5.74) is 3.17. The maximum Gasteiger partial charge on any atom is 0.290 e. The molecule has 0 aliphatic rings. The molecule has 0 fully saturated rings. The lowest BCUT2D eigenvalue weighted by atomic mass is 10.0. The van der Waals surface area contributed by atoms with Gasteiger partial charge in [0.15, 0.2) is 5.76 Å². The SMILES string of the molecule is CCN(CCc1ccccn1)C(=O)c1ccc(Oc2cc(C(C)C)ccc2C)o1. The van der Waals surface area contributed by atoms with Crippen LogP contribution in [0.3, 0.4) is 0 Å². The minimum Gasteiger partial charge on any atom is -0.426 e. The summed E-state index contributed by atoms with van der Waals surface area (Å²) >= 11 is 0. The van der Waals surface area contributed by atoms with Crippen molar-refractivity contribution in [1.82, 2.24) is 9.88 Å². The summed E-state index contributed by atoms with van der Waals surface area (Å²) in [6, 6.07) is 15.3. The number of nitrogens with zero attached hydrogens (tertiary/aromatic N) is 2. The van der Waals surface area contributed by atoms with E-state index < -0.39 is 0 Å². The van der Waals surface area contributed by atoms with Gasteiger partial charge in [0, 0.05) is 37.5 Å². The van der Waals surface area contributed by atoms with Crippen LogP contribution in [-0.2, 0) is 6.42 Å². The van der Waals surface area contributed by atoms with Gasteiger partial charge in [-0.15, -0.1) is 0 Å². The van der Waals surface area contributed by atoms with Crippen LogP contribution in [-0.4, -0.2) is 28.9 Å². The normalized spacial score (nSPS) is 10.9. The first-order chi connectivity index (χ1) is 14.0. The summed E-state index contributed by atoms with van der Waals surface area (Å²) in [6.45, 7) is 9.41. The molecular formula is C24H28N2O3. The molecule has 1 amide bonds. The van der Waals surface area contributed by atoms with Gasteiger partial charge < -0.3 is 14.1 Å². The number of likely N-dealkylation sites (N-methyl/N-ethyl adjacent to an activating group) is 1. The number of hydrogen-bond donors (Lipinski definition) is 0. The third kappa shape index (κ3) is 5.25. The van der Waals surface area contributed by atoms with Gasteiger partial charge in [-0.25, -0.2) is 0 Å². The third-order valence-electron chi connectivity index (χ3n) is 4.91. The zero-order valence-electron chi connectivity index (χ0n) is 17.5. The molecule has 0 saturated heterocycles. The van der Waals surface area contributed by atoms with E-state index in [4.69, 9.17) is 9.15 Å². The van der Waals surface area contributed by atoms with Crippen LogP contribution in [0.15, 0.2) is 59.1 Å². The molecule has 29 heavy (non-hydrogen) atoms. The van der Waals surface area contributed by atoms with Gasteiger partial charge in [0.2, 0.25) is 0 Å². The molecule has 152 valence electrons. The van der Waals surface area contributed by atoms with Crippen molar-refractivity contribution in [2.24, 2.45) is 0 Å². The minimum atomic E-state index is -0.147. The van der Waals surface area contributed by atoms with Crippen molar-refractivity contribution in [1.29, 1.82) is 0 Å². The molecule has 2 heterocycles. The molecule has 3 aromatic rings. The Bertz CT molecular complexity index is 948. The molecule has 2 aromatic heterocycles. The highest BCUT2D eigenvalue weighted by molar-refractivity contribution is 5.91. The first kappa shape index (κ1) is 20.6. The summed E-state index contributed by atoms with van der Waals surface area (Å²) in [6.07, 6.45) is 2.46. The highest BCUT2D eigenvalue weighted by Crippen LogP contribution is 2.30. The number of hydrogen-bond acceptors (Lipinski definition) is 4. The largest absolute Gasteiger partial charge is 0.426 e. The first-order valence-electron chi connectivity index (χ1n) is 10.0. The first-order valence-corrected chi connectivity index (χ1v) is 10.0. The summed E-state index contributed by atoms with van der Waals surface area (Å²) < 4.78 is 11.6. The van der Waals surface area contributed by atoms with Crippen molar-refractivity contribution in [3.63, 3.8) is 0 Å². The topological polar surface area (TPSA) is 55.6 Å². The van der Waals surface area contributed by atoms with Crippen LogP contribution in [0.2, 0.25) is 0 Å². The predicted octanol–water partition coefficient (Wildman–Crippen LogP) is 5.60. The summed E-state index contributed by atoms with van der Waals surface area (Å²) in [5.74, 6) is 1.60. The van der Waals surface area contributed by atoms with Crippen molar-refractivity contribution >= 4 is 5.91 Å². The second-order valence-electron chi connectivity index (χ2n) is 7.36. The van der Waals surface area contributed by atoms with Crippen molar-refractivity contribution in [2.75, 3.05) is 13.1 Å². The fourth-order valence-electron chi connectivity index (χ4n) is 3.04. The van der Waals surface area contributed by atoms with Crippen molar-refractivity contribution < 1.29 is 13.9 Å². The van der Waals surface area contributed by atoms with E-state index in [-0.39, 0.29) is 11.7 Å². The Morgan fingerprint density at radius 3 is 2.69 bits per heavy atom. The zero-order chi connectivity index (χ0) is 20.8. The van der Waals surface area contributed by atoms with E-state index in [1.807, 2.05) is 44.2 Å². The highest BCUT2D eigenvalue weighted by atomic mass is 16.6. The average molecular weight is 392 g/mol. The smallest absolute Gasteiger partial charge is 0.290 e. The molecular weight excluding hydrogens is 364 g/mol. The number of rotatable bonds is 8. The lowest BCUT2D eigenvalue weighted by molar-refractivity contribution is 0.0729. The molecule has 0 aliphatic carbocycles. The van der Waals surface area contributed by atoms with Gasteiger partial charge in [-0.2, -0.15) is 0 Å². The van der Waals surface area contributed by atoms with Crippen LogP contribution >= 0.6 is 0 Å². The molecule has 0 atom stereocenters. The molecule has 5 nitrogen and oxygen atoms in total. The van der Waals surface area contributed by atoms with Crippen LogP contribution in [0.25, 0.3) is 0 Å². The fourth-order valence-corrected chi connectivity index (χ4v) is 3.04. The van der Waals surface area contributed by atoms with E-state index >= 15 is 0 Å². The minimum absolute atomic E-state index is 0.147. The third-order valence-corrected chi connectivity index (χ3v) is 4.91. The second-order valence-corrected chi connectivity index (χ2v) is 7.36. The fraction of sp³-hybridized carbons (Fsp3) is 0.333. The lowest BCUT2D eigenvalue weighted by Crippen LogP contribution is -2.32. The number of carbonyl (C=O) groups excluding carboxylic acids is 1. The predicted molar refractivity (Wildman–Crippen MR) is 114 cm³/mol. The molecule has 0 N–H and O–H groups in total. The number of pyridine rings is 1. The van der Waals surface area contributed by atoms with Gasteiger partial charge in [-0.3, -0.25) is 9.78 Å². The van der Waals surface area contributed by atoms with Gasteiger partial charge in [0.05, 0.1) is 0 Å². The maximum absolute atomic E-state index is 12.8. The Hall–Kier alpha value is -3.08. The standard InChI is InChI=1S/C24H28N2O3/c1-5-26(15-13-20-8-6-7-14-25-20)24(27)21-11-12-23(28-21)29-22-16-19(17(2)3)10-9-18(22)4/h6-12,14,16-17H,5,13,15H2,1-4H3. The van der Waals surface area contributed by atoms with E-state index in [1.54, 1.807) is 23.2 Å². The second kappa shape index (κ2) is 9.41. The van der Waals surface area contributed by atoms with Crippen LogP contribution in [0.1, 0.15) is 54.1 Å². The maximum atomic E-state index is 12.8. The molecule has 0 bridgehead atoms. The monoisotopic (exact) mass is 392 g/mol. The van der Waals surface area contributed by atoms with E-state index in [0.29, 0.717) is 31.4 Å². The Balaban J connectivity index is 1.68. The lowest BCUT2D eigenvalue weighted by Gasteiger charge is -2.19. The molecule has 0 aliphatic heterocycles. The van der Waals surface area contributed by atoms with Gasteiger partial charge in [-0.1, -0.05) is 32.0 Å². The van der Waals surface area contributed by atoms with Crippen molar-refractivity contribution in [3.8, 4) is 11.7 Å². The van der Waals surface area contributed by atoms with E-state index in [2.05, 4.69) is 24.9 Å². The number of benzene rings is 1. The molecule has 1 aromatic carbocycles. The molecule has 0 spiro atoms. The number of aromatic nitrogens is 1. The quantitative estimate of drug-likeness (QED) is 0.500. The number of carbonyl (C=O) groups is 1. The zero-order valence-corrected chi connectivity index (χ0v) is 17.5. The summed E-state index contributed by atoms with van der Waals surface area (Å²) in [7, 11) is 0. The van der Waals surface area contributed by atoms with Crippen molar-refractivity contribution in [2.45, 2.75) is 40.0 Å². The number of amides is 1. The van der Waals surface area contributed by atoms with Crippen LogP contribution in [0.5, 0.6) is 11.7 Å². The van der Waals surface area contributed by atoms with E-state index in [1.165, 1.54) is 5.56 Å².